The molecule has 0 heterocycles. The van der Waals surface area contributed by atoms with Crippen molar-refractivity contribution in [3.8, 4) is 0 Å². The molecule has 1 rings (SSSR count). The first-order valence-corrected chi connectivity index (χ1v) is 7.02. The first-order chi connectivity index (χ1) is 7.78. The second-order valence-corrected chi connectivity index (χ2v) is 6.69. The highest BCUT2D eigenvalue weighted by Gasteiger charge is 2.21. The van der Waals surface area contributed by atoms with Crippen molar-refractivity contribution in [2.24, 2.45) is 11.1 Å². The molecule has 0 saturated heterocycles. The van der Waals surface area contributed by atoms with Crippen molar-refractivity contribution in [3.05, 3.63) is 29.8 Å². The maximum absolute atomic E-state index is 12.1. The van der Waals surface area contributed by atoms with E-state index in [0.717, 1.165) is 5.56 Å². The summed E-state index contributed by atoms with van der Waals surface area (Å²) in [6, 6.07) is 6.92. The second kappa shape index (κ2) is 5.16. The minimum Gasteiger partial charge on any atom is -0.330 e. The molecule has 0 aliphatic carbocycles. The van der Waals surface area contributed by atoms with Gasteiger partial charge < -0.3 is 5.73 Å². The summed E-state index contributed by atoms with van der Waals surface area (Å²) in [5, 5.41) is 0. The van der Waals surface area contributed by atoms with Crippen LogP contribution in [0, 0.1) is 12.3 Å². The monoisotopic (exact) mass is 256 g/mol. The van der Waals surface area contributed by atoms with Gasteiger partial charge in [0.1, 0.15) is 0 Å². The van der Waals surface area contributed by atoms with Gasteiger partial charge in [-0.3, -0.25) is 0 Å². The van der Waals surface area contributed by atoms with Crippen LogP contribution in [0.5, 0.6) is 0 Å². The van der Waals surface area contributed by atoms with Crippen LogP contribution in [-0.2, 0) is 10.0 Å². The van der Waals surface area contributed by atoms with Gasteiger partial charge in [-0.1, -0.05) is 32.0 Å². The summed E-state index contributed by atoms with van der Waals surface area (Å²) in [5.41, 5.74) is 6.07. The first kappa shape index (κ1) is 14.2. The third-order valence-electron chi connectivity index (χ3n) is 2.68. The van der Waals surface area contributed by atoms with E-state index >= 15 is 0 Å². The van der Waals surface area contributed by atoms with Crippen LogP contribution in [0.4, 0.5) is 0 Å². The Kier molecular flexibility index (Phi) is 4.30. The standard InChI is InChI=1S/C12H20N2O2S/c1-10-6-4-5-7-11(10)17(15,16)14-9-12(2,3)8-13/h4-7,14H,8-9,13H2,1-3H3. The van der Waals surface area contributed by atoms with Crippen molar-refractivity contribution >= 4 is 10.0 Å². The molecule has 1 aromatic rings. The van der Waals surface area contributed by atoms with Gasteiger partial charge in [0.05, 0.1) is 4.90 Å². The van der Waals surface area contributed by atoms with Crippen LogP contribution in [0.2, 0.25) is 0 Å². The van der Waals surface area contributed by atoms with E-state index in [4.69, 9.17) is 5.73 Å². The predicted octanol–water partition coefficient (Wildman–Crippen LogP) is 1.26. The van der Waals surface area contributed by atoms with Gasteiger partial charge in [0.15, 0.2) is 0 Å². The van der Waals surface area contributed by atoms with Crippen molar-refractivity contribution in [2.45, 2.75) is 25.7 Å². The number of nitrogens with two attached hydrogens (primary N) is 1. The average molecular weight is 256 g/mol. The lowest BCUT2D eigenvalue weighted by atomic mass is 9.95. The number of nitrogens with one attached hydrogen (secondary N) is 1. The molecule has 0 unspecified atom stereocenters. The van der Waals surface area contributed by atoms with Crippen LogP contribution in [0.3, 0.4) is 0 Å². The molecule has 0 saturated carbocycles. The van der Waals surface area contributed by atoms with E-state index in [1.54, 1.807) is 25.1 Å². The van der Waals surface area contributed by atoms with Gasteiger partial charge in [0.25, 0.3) is 0 Å². The highest BCUT2D eigenvalue weighted by atomic mass is 32.2. The van der Waals surface area contributed by atoms with E-state index in [-0.39, 0.29) is 5.41 Å². The molecule has 0 amide bonds. The smallest absolute Gasteiger partial charge is 0.240 e. The molecule has 0 bridgehead atoms. The summed E-state index contributed by atoms with van der Waals surface area (Å²) in [6.45, 7) is 6.40. The summed E-state index contributed by atoms with van der Waals surface area (Å²) >= 11 is 0. The van der Waals surface area contributed by atoms with Gasteiger partial charge in [-0.25, -0.2) is 13.1 Å². The van der Waals surface area contributed by atoms with E-state index in [1.807, 2.05) is 19.9 Å². The minimum absolute atomic E-state index is 0.240. The molecule has 96 valence electrons. The largest absolute Gasteiger partial charge is 0.330 e. The van der Waals surface area contributed by atoms with Crippen LogP contribution < -0.4 is 10.5 Å². The normalized spacial score (nSPS) is 12.7. The molecule has 1 aromatic carbocycles. The molecule has 0 atom stereocenters. The zero-order valence-electron chi connectivity index (χ0n) is 10.5. The van der Waals surface area contributed by atoms with Crippen LogP contribution in [-0.4, -0.2) is 21.5 Å². The molecule has 0 aromatic heterocycles. The molecule has 0 radical (unpaired) electrons. The van der Waals surface area contributed by atoms with E-state index in [0.29, 0.717) is 18.0 Å². The molecule has 17 heavy (non-hydrogen) atoms. The fourth-order valence-electron chi connectivity index (χ4n) is 1.30. The Morgan fingerprint density at radius 2 is 1.88 bits per heavy atom. The van der Waals surface area contributed by atoms with Crippen molar-refractivity contribution in [2.75, 3.05) is 13.1 Å². The van der Waals surface area contributed by atoms with Gasteiger partial charge in [-0.15, -0.1) is 0 Å². The Labute approximate surface area is 103 Å². The average Bonchev–Trinajstić information content (AvgIpc) is 2.27. The number of aryl methyl sites for hydroxylation is 1. The van der Waals surface area contributed by atoms with Crippen molar-refractivity contribution in [3.63, 3.8) is 0 Å². The molecule has 5 heteroatoms. The van der Waals surface area contributed by atoms with Gasteiger partial charge in [0.2, 0.25) is 10.0 Å². The highest BCUT2D eigenvalue weighted by molar-refractivity contribution is 7.89. The summed E-state index contributed by atoms with van der Waals surface area (Å²) in [5.74, 6) is 0. The Morgan fingerprint density at radius 3 is 2.41 bits per heavy atom. The fourth-order valence-corrected chi connectivity index (χ4v) is 2.78. The number of rotatable bonds is 5. The van der Waals surface area contributed by atoms with Crippen molar-refractivity contribution in [1.82, 2.24) is 4.72 Å². The van der Waals surface area contributed by atoms with Crippen LogP contribution in [0.1, 0.15) is 19.4 Å². The topological polar surface area (TPSA) is 72.2 Å². The van der Waals surface area contributed by atoms with E-state index in [1.165, 1.54) is 0 Å². The fraction of sp³-hybridized carbons (Fsp3) is 0.500. The predicted molar refractivity (Wildman–Crippen MR) is 69.2 cm³/mol. The highest BCUT2D eigenvalue weighted by Crippen LogP contribution is 2.16. The maximum Gasteiger partial charge on any atom is 0.240 e. The molecular formula is C12H20N2O2S. The van der Waals surface area contributed by atoms with Crippen molar-refractivity contribution < 1.29 is 8.42 Å². The summed E-state index contributed by atoms with van der Waals surface area (Å²) in [4.78, 5) is 0.327. The third-order valence-corrected chi connectivity index (χ3v) is 4.24. The third kappa shape index (κ3) is 3.80. The number of hydrogen-bond acceptors (Lipinski definition) is 3. The zero-order chi connectivity index (χ0) is 13.1. The maximum atomic E-state index is 12.1. The molecule has 3 N–H and O–H groups in total. The van der Waals surface area contributed by atoms with Gasteiger partial charge >= 0.3 is 0 Å². The Bertz CT molecular complexity index is 481. The van der Waals surface area contributed by atoms with Crippen LogP contribution >= 0.6 is 0 Å². The number of sulfonamides is 1. The molecule has 0 spiro atoms. The first-order valence-electron chi connectivity index (χ1n) is 5.54. The molecular weight excluding hydrogens is 236 g/mol. The van der Waals surface area contributed by atoms with Gasteiger partial charge in [-0.2, -0.15) is 0 Å². The molecule has 0 aliphatic rings. The molecule has 0 aliphatic heterocycles. The Balaban J connectivity index is 2.88. The van der Waals surface area contributed by atoms with E-state index in [9.17, 15) is 8.42 Å². The number of benzene rings is 1. The summed E-state index contributed by atoms with van der Waals surface area (Å²) < 4.78 is 26.7. The molecule has 4 nitrogen and oxygen atoms in total. The van der Waals surface area contributed by atoms with E-state index < -0.39 is 10.0 Å². The Morgan fingerprint density at radius 1 is 1.29 bits per heavy atom. The van der Waals surface area contributed by atoms with Crippen LogP contribution in [0.25, 0.3) is 0 Å². The Hall–Kier alpha value is -0.910. The van der Waals surface area contributed by atoms with E-state index in [2.05, 4.69) is 4.72 Å². The van der Waals surface area contributed by atoms with Crippen LogP contribution in [0.15, 0.2) is 29.2 Å². The zero-order valence-corrected chi connectivity index (χ0v) is 11.3. The lowest BCUT2D eigenvalue weighted by Crippen LogP contribution is -2.38. The number of hydrogen-bond donors (Lipinski definition) is 2. The van der Waals surface area contributed by atoms with Crippen molar-refractivity contribution in [1.29, 1.82) is 0 Å². The lowest BCUT2D eigenvalue weighted by Gasteiger charge is -2.22. The summed E-state index contributed by atoms with van der Waals surface area (Å²) in [7, 11) is -3.44. The van der Waals surface area contributed by atoms with Gasteiger partial charge in [-0.05, 0) is 30.5 Å². The molecule has 0 fully saturated rings. The second-order valence-electron chi connectivity index (χ2n) is 4.96. The SMILES string of the molecule is Cc1ccccc1S(=O)(=O)NCC(C)(C)CN. The van der Waals surface area contributed by atoms with Gasteiger partial charge in [0, 0.05) is 6.54 Å². The minimum atomic E-state index is -3.44. The lowest BCUT2D eigenvalue weighted by molar-refractivity contribution is 0.376. The summed E-state index contributed by atoms with van der Waals surface area (Å²) in [6.07, 6.45) is 0. The quantitative estimate of drug-likeness (QED) is 0.833.